The van der Waals surface area contributed by atoms with Crippen LogP contribution in [0.25, 0.3) is 0 Å². The Bertz CT molecular complexity index is 335. The highest BCUT2D eigenvalue weighted by atomic mass is 15.2. The predicted molar refractivity (Wildman–Crippen MR) is 95.5 cm³/mol. The van der Waals surface area contributed by atoms with Crippen molar-refractivity contribution in [1.82, 2.24) is 20.4 Å². The summed E-state index contributed by atoms with van der Waals surface area (Å²) in [6.45, 7) is 17.5. The maximum Gasteiger partial charge on any atom is 0.0166 e. The number of rotatable bonds is 6. The molecule has 0 aromatic carbocycles. The SMILES string of the molecule is CN(CCC(C)(C)N1CCNCC1)C1CC(NC(C)(C)C)C1. The third-order valence-electron chi connectivity index (χ3n) is 5.42. The zero-order valence-corrected chi connectivity index (χ0v) is 15.7. The van der Waals surface area contributed by atoms with E-state index in [1.165, 1.54) is 38.9 Å². The lowest BCUT2D eigenvalue weighted by molar-refractivity contribution is 0.0610. The third-order valence-corrected chi connectivity index (χ3v) is 5.42. The highest BCUT2D eigenvalue weighted by molar-refractivity contribution is 4.94. The fourth-order valence-corrected chi connectivity index (χ4v) is 3.74. The van der Waals surface area contributed by atoms with Gasteiger partial charge in [0.25, 0.3) is 0 Å². The second-order valence-electron chi connectivity index (χ2n) is 9.00. The van der Waals surface area contributed by atoms with E-state index in [0.29, 0.717) is 11.6 Å². The van der Waals surface area contributed by atoms with Crippen molar-refractivity contribution in [2.24, 2.45) is 0 Å². The number of nitrogens with zero attached hydrogens (tertiary/aromatic N) is 2. The van der Waals surface area contributed by atoms with Gasteiger partial charge in [-0.2, -0.15) is 0 Å². The predicted octanol–water partition coefficient (Wildman–Crippen LogP) is 1.91. The Labute approximate surface area is 138 Å². The molecule has 1 saturated carbocycles. The van der Waals surface area contributed by atoms with Gasteiger partial charge in [-0.05, 0) is 67.5 Å². The smallest absolute Gasteiger partial charge is 0.0166 e. The summed E-state index contributed by atoms with van der Waals surface area (Å²) in [5.41, 5.74) is 0.571. The summed E-state index contributed by atoms with van der Waals surface area (Å²) in [6.07, 6.45) is 3.88. The monoisotopic (exact) mass is 310 g/mol. The molecule has 22 heavy (non-hydrogen) atoms. The minimum atomic E-state index is 0.249. The Morgan fingerprint density at radius 3 is 2.23 bits per heavy atom. The molecule has 1 aliphatic heterocycles. The highest BCUT2D eigenvalue weighted by Crippen LogP contribution is 2.28. The summed E-state index contributed by atoms with van der Waals surface area (Å²) in [7, 11) is 2.31. The van der Waals surface area contributed by atoms with Crippen LogP contribution in [0.4, 0.5) is 0 Å². The van der Waals surface area contributed by atoms with Crippen LogP contribution in [0.15, 0.2) is 0 Å². The lowest BCUT2D eigenvalue weighted by Crippen LogP contribution is -2.57. The van der Waals surface area contributed by atoms with Gasteiger partial charge in [-0.1, -0.05) is 0 Å². The van der Waals surface area contributed by atoms with Crippen LogP contribution in [0.5, 0.6) is 0 Å². The lowest BCUT2D eigenvalue weighted by atomic mass is 9.83. The zero-order valence-electron chi connectivity index (χ0n) is 15.7. The summed E-state index contributed by atoms with van der Waals surface area (Å²) < 4.78 is 0. The van der Waals surface area contributed by atoms with E-state index in [1.54, 1.807) is 0 Å². The Morgan fingerprint density at radius 2 is 1.68 bits per heavy atom. The number of hydrogen-bond donors (Lipinski definition) is 2. The minimum absolute atomic E-state index is 0.249. The Balaban J connectivity index is 1.68. The van der Waals surface area contributed by atoms with Crippen molar-refractivity contribution in [3.05, 3.63) is 0 Å². The van der Waals surface area contributed by atoms with Crippen molar-refractivity contribution >= 4 is 0 Å². The summed E-state index contributed by atoms with van der Waals surface area (Å²) in [6, 6.07) is 1.49. The van der Waals surface area contributed by atoms with Crippen LogP contribution in [0.3, 0.4) is 0 Å². The summed E-state index contributed by atoms with van der Waals surface area (Å²) in [4.78, 5) is 5.24. The van der Waals surface area contributed by atoms with E-state index in [-0.39, 0.29) is 5.54 Å². The van der Waals surface area contributed by atoms with E-state index in [9.17, 15) is 0 Å². The van der Waals surface area contributed by atoms with Crippen molar-refractivity contribution in [3.63, 3.8) is 0 Å². The van der Waals surface area contributed by atoms with E-state index in [2.05, 4.69) is 62.1 Å². The normalized spacial score (nSPS) is 28.0. The topological polar surface area (TPSA) is 30.5 Å². The van der Waals surface area contributed by atoms with Crippen LogP contribution in [-0.4, -0.2) is 72.7 Å². The first-order valence-corrected chi connectivity index (χ1v) is 9.11. The minimum Gasteiger partial charge on any atom is -0.314 e. The van der Waals surface area contributed by atoms with Gasteiger partial charge in [0, 0.05) is 49.3 Å². The molecule has 2 aliphatic rings. The Morgan fingerprint density at radius 1 is 1.09 bits per heavy atom. The van der Waals surface area contributed by atoms with Crippen LogP contribution in [0, 0.1) is 0 Å². The molecular formula is C18H38N4. The maximum atomic E-state index is 3.72. The van der Waals surface area contributed by atoms with Crippen molar-refractivity contribution in [3.8, 4) is 0 Å². The van der Waals surface area contributed by atoms with E-state index in [1.807, 2.05) is 0 Å². The van der Waals surface area contributed by atoms with Crippen LogP contribution in [0.1, 0.15) is 53.9 Å². The van der Waals surface area contributed by atoms with Gasteiger partial charge in [-0.15, -0.1) is 0 Å². The van der Waals surface area contributed by atoms with Crippen molar-refractivity contribution in [1.29, 1.82) is 0 Å². The molecule has 0 unspecified atom stereocenters. The van der Waals surface area contributed by atoms with E-state index < -0.39 is 0 Å². The average molecular weight is 311 g/mol. The van der Waals surface area contributed by atoms with E-state index in [0.717, 1.165) is 19.1 Å². The first-order valence-electron chi connectivity index (χ1n) is 9.11. The highest BCUT2D eigenvalue weighted by Gasteiger charge is 2.35. The molecule has 2 rings (SSSR count). The van der Waals surface area contributed by atoms with Crippen LogP contribution >= 0.6 is 0 Å². The molecule has 4 nitrogen and oxygen atoms in total. The largest absolute Gasteiger partial charge is 0.314 e. The van der Waals surface area contributed by atoms with Crippen molar-refractivity contribution in [2.75, 3.05) is 39.8 Å². The molecule has 1 aliphatic carbocycles. The van der Waals surface area contributed by atoms with Gasteiger partial charge in [0.15, 0.2) is 0 Å². The van der Waals surface area contributed by atoms with Crippen LogP contribution in [0.2, 0.25) is 0 Å². The molecule has 0 bridgehead atoms. The molecule has 1 saturated heterocycles. The molecule has 1 heterocycles. The first-order chi connectivity index (χ1) is 10.2. The molecular weight excluding hydrogens is 272 g/mol. The quantitative estimate of drug-likeness (QED) is 0.785. The van der Waals surface area contributed by atoms with Crippen LogP contribution < -0.4 is 10.6 Å². The Hall–Kier alpha value is -0.160. The summed E-state index contributed by atoms with van der Waals surface area (Å²) >= 11 is 0. The Kier molecular flexibility index (Phi) is 5.92. The fourth-order valence-electron chi connectivity index (χ4n) is 3.74. The molecule has 0 atom stereocenters. The van der Waals surface area contributed by atoms with Gasteiger partial charge in [0.1, 0.15) is 0 Å². The number of nitrogens with one attached hydrogen (secondary N) is 2. The van der Waals surface area contributed by atoms with Gasteiger partial charge in [0.05, 0.1) is 0 Å². The van der Waals surface area contributed by atoms with Crippen molar-refractivity contribution < 1.29 is 0 Å². The molecule has 0 aromatic heterocycles. The molecule has 4 heteroatoms. The van der Waals surface area contributed by atoms with Gasteiger partial charge >= 0.3 is 0 Å². The first kappa shape index (κ1) is 18.2. The van der Waals surface area contributed by atoms with Crippen molar-refractivity contribution in [2.45, 2.75) is 77.0 Å². The third kappa shape index (κ3) is 5.19. The van der Waals surface area contributed by atoms with Crippen LogP contribution in [-0.2, 0) is 0 Å². The summed E-state index contributed by atoms with van der Waals surface area (Å²) in [5.74, 6) is 0. The number of hydrogen-bond acceptors (Lipinski definition) is 4. The maximum absolute atomic E-state index is 3.72. The lowest BCUT2D eigenvalue weighted by Gasteiger charge is -2.46. The second kappa shape index (κ2) is 7.16. The molecule has 0 amide bonds. The molecule has 0 radical (unpaired) electrons. The second-order valence-corrected chi connectivity index (χ2v) is 9.00. The summed E-state index contributed by atoms with van der Waals surface area (Å²) in [5, 5.41) is 7.18. The molecule has 2 fully saturated rings. The van der Waals surface area contributed by atoms with E-state index in [4.69, 9.17) is 0 Å². The van der Waals surface area contributed by atoms with Gasteiger partial charge in [-0.25, -0.2) is 0 Å². The van der Waals surface area contributed by atoms with Gasteiger partial charge in [-0.3, -0.25) is 4.90 Å². The number of piperazine rings is 1. The average Bonchev–Trinajstić information content (AvgIpc) is 2.40. The molecule has 0 aromatic rings. The molecule has 2 N–H and O–H groups in total. The molecule has 0 spiro atoms. The van der Waals surface area contributed by atoms with E-state index >= 15 is 0 Å². The van der Waals surface area contributed by atoms with Gasteiger partial charge in [0.2, 0.25) is 0 Å². The standard InChI is InChI=1S/C18H38N4/c1-17(2,3)20-15-13-16(14-15)21(6)10-7-18(4,5)22-11-8-19-9-12-22/h15-16,19-20H,7-14H2,1-6H3. The van der Waals surface area contributed by atoms with Gasteiger partial charge < -0.3 is 15.5 Å². The molecule has 130 valence electrons. The fraction of sp³-hybridized carbons (Fsp3) is 1.00. The zero-order chi connectivity index (χ0) is 16.4.